The molecule has 6 nitrogen and oxygen atoms in total. The maximum absolute atomic E-state index is 14.5. The zero-order valence-corrected chi connectivity index (χ0v) is 20.3. The van der Waals surface area contributed by atoms with Gasteiger partial charge in [-0.25, -0.2) is 4.79 Å². The fraction of sp³-hybridized carbons (Fsp3) is 0.267. The fourth-order valence-corrected chi connectivity index (χ4v) is 6.14. The van der Waals surface area contributed by atoms with E-state index in [0.29, 0.717) is 11.1 Å². The number of ketones is 2. The SMILES string of the molecule is CC(C)(C)OC(=O)[C@H]1[C@H](c2ccccc2)C2(C(=O)c3ccccc3C2=O)C2c3ccccc3C=NN21. The van der Waals surface area contributed by atoms with Crippen LogP contribution in [0.5, 0.6) is 0 Å². The number of ether oxygens (including phenoxy) is 1. The van der Waals surface area contributed by atoms with Gasteiger partial charge < -0.3 is 4.74 Å². The Hall–Kier alpha value is -4.06. The predicted octanol–water partition coefficient (Wildman–Crippen LogP) is 4.95. The number of benzene rings is 3. The molecule has 1 aliphatic carbocycles. The summed E-state index contributed by atoms with van der Waals surface area (Å²) in [5.41, 5.74) is 0.805. The molecule has 180 valence electrons. The highest BCUT2D eigenvalue weighted by Crippen LogP contribution is 2.64. The van der Waals surface area contributed by atoms with Gasteiger partial charge in [0.25, 0.3) is 0 Å². The number of fused-ring (bicyclic) bond motifs is 5. The summed E-state index contributed by atoms with van der Waals surface area (Å²) < 4.78 is 5.88. The summed E-state index contributed by atoms with van der Waals surface area (Å²) in [5, 5.41) is 6.34. The smallest absolute Gasteiger partial charge is 0.331 e. The molecule has 3 aromatic carbocycles. The number of carbonyl (C=O) groups is 3. The summed E-state index contributed by atoms with van der Waals surface area (Å²) in [6.07, 6.45) is 1.70. The van der Waals surface area contributed by atoms with Crippen LogP contribution in [0.1, 0.15) is 70.1 Å². The van der Waals surface area contributed by atoms with Crippen LogP contribution in [0.25, 0.3) is 0 Å². The van der Waals surface area contributed by atoms with E-state index in [0.717, 1.165) is 16.7 Å². The molecule has 0 saturated carbocycles. The zero-order chi connectivity index (χ0) is 25.2. The van der Waals surface area contributed by atoms with Gasteiger partial charge in [-0.15, -0.1) is 0 Å². The Morgan fingerprint density at radius 3 is 2.08 bits per heavy atom. The number of Topliss-reactive ketones (excluding diaryl/α,β-unsaturated/α-hetero) is 2. The van der Waals surface area contributed by atoms with Crippen LogP contribution in [-0.4, -0.2) is 40.4 Å². The van der Waals surface area contributed by atoms with E-state index in [2.05, 4.69) is 0 Å². The van der Waals surface area contributed by atoms with E-state index in [1.165, 1.54) is 0 Å². The molecule has 6 heteroatoms. The van der Waals surface area contributed by atoms with Crippen molar-refractivity contribution in [3.63, 3.8) is 0 Å². The van der Waals surface area contributed by atoms with Gasteiger partial charge in [-0.1, -0.05) is 78.9 Å². The van der Waals surface area contributed by atoms with Crippen molar-refractivity contribution in [1.29, 1.82) is 0 Å². The Labute approximate surface area is 209 Å². The second-order valence-corrected chi connectivity index (χ2v) is 10.6. The van der Waals surface area contributed by atoms with E-state index in [1.54, 1.807) is 56.3 Å². The van der Waals surface area contributed by atoms with Gasteiger partial charge in [-0.3, -0.25) is 14.6 Å². The second kappa shape index (κ2) is 7.72. The van der Waals surface area contributed by atoms with Gasteiger partial charge >= 0.3 is 5.97 Å². The van der Waals surface area contributed by atoms with Crippen LogP contribution in [0.4, 0.5) is 0 Å². The number of nitrogens with zero attached hydrogens (tertiary/aromatic N) is 2. The molecule has 3 atom stereocenters. The van der Waals surface area contributed by atoms with Gasteiger partial charge in [0.05, 0.1) is 12.3 Å². The molecule has 2 heterocycles. The Kier molecular flexibility index (Phi) is 4.80. The molecule has 3 aromatic rings. The van der Waals surface area contributed by atoms with Crippen molar-refractivity contribution in [3.05, 3.63) is 107 Å². The largest absolute Gasteiger partial charge is 0.458 e. The van der Waals surface area contributed by atoms with E-state index in [9.17, 15) is 14.4 Å². The molecule has 6 rings (SSSR count). The Balaban J connectivity index is 1.67. The molecular weight excluding hydrogens is 452 g/mol. The number of hydrogen-bond acceptors (Lipinski definition) is 6. The molecule has 36 heavy (non-hydrogen) atoms. The quantitative estimate of drug-likeness (QED) is 0.385. The topological polar surface area (TPSA) is 76.0 Å². The van der Waals surface area contributed by atoms with Crippen molar-refractivity contribution in [3.8, 4) is 0 Å². The average Bonchev–Trinajstić information content (AvgIpc) is 3.30. The first-order valence-electron chi connectivity index (χ1n) is 12.1. The lowest BCUT2D eigenvalue weighted by Crippen LogP contribution is -2.44. The normalized spacial score (nSPS) is 23.4. The lowest BCUT2D eigenvalue weighted by atomic mass is 9.63. The first kappa shape index (κ1) is 22.4. The van der Waals surface area contributed by atoms with Crippen molar-refractivity contribution < 1.29 is 19.1 Å². The molecule has 1 saturated heterocycles. The zero-order valence-electron chi connectivity index (χ0n) is 20.3. The van der Waals surface area contributed by atoms with Crippen LogP contribution in [0.3, 0.4) is 0 Å². The molecule has 0 N–H and O–H groups in total. The number of hydrogen-bond donors (Lipinski definition) is 0. The van der Waals surface area contributed by atoms with Gasteiger partial charge in [0.15, 0.2) is 17.6 Å². The summed E-state index contributed by atoms with van der Waals surface area (Å²) in [6, 6.07) is 22.2. The van der Waals surface area contributed by atoms with Gasteiger partial charge in [-0.2, -0.15) is 5.10 Å². The minimum absolute atomic E-state index is 0.273. The van der Waals surface area contributed by atoms with E-state index in [4.69, 9.17) is 9.84 Å². The minimum Gasteiger partial charge on any atom is -0.458 e. The van der Waals surface area contributed by atoms with Crippen LogP contribution >= 0.6 is 0 Å². The van der Waals surface area contributed by atoms with E-state index in [1.807, 2.05) is 54.6 Å². The molecule has 1 unspecified atom stereocenters. The monoisotopic (exact) mass is 478 g/mol. The van der Waals surface area contributed by atoms with Crippen molar-refractivity contribution >= 4 is 23.8 Å². The Morgan fingerprint density at radius 1 is 0.861 bits per heavy atom. The number of carbonyl (C=O) groups excluding carboxylic acids is 3. The summed E-state index contributed by atoms with van der Waals surface area (Å²) >= 11 is 0. The second-order valence-electron chi connectivity index (χ2n) is 10.6. The summed E-state index contributed by atoms with van der Waals surface area (Å²) in [5.74, 6) is -1.85. The third-order valence-electron chi connectivity index (χ3n) is 7.38. The van der Waals surface area contributed by atoms with Gasteiger partial charge in [0, 0.05) is 17.0 Å². The van der Waals surface area contributed by atoms with Crippen molar-refractivity contribution in [2.24, 2.45) is 10.5 Å². The molecular formula is C30H26N2O4. The number of rotatable bonds is 2. The van der Waals surface area contributed by atoms with Crippen molar-refractivity contribution in [2.75, 3.05) is 0 Å². The minimum atomic E-state index is -1.57. The highest BCUT2D eigenvalue weighted by Gasteiger charge is 2.73. The number of esters is 1. The summed E-state index contributed by atoms with van der Waals surface area (Å²) in [7, 11) is 0. The van der Waals surface area contributed by atoms with Crippen LogP contribution in [0, 0.1) is 5.41 Å². The van der Waals surface area contributed by atoms with Crippen molar-refractivity contribution in [1.82, 2.24) is 5.01 Å². The maximum atomic E-state index is 14.5. The van der Waals surface area contributed by atoms with E-state index < -0.39 is 35.0 Å². The first-order chi connectivity index (χ1) is 17.2. The van der Waals surface area contributed by atoms with Crippen LogP contribution in [0.15, 0.2) is 84.0 Å². The molecule has 0 amide bonds. The lowest BCUT2D eigenvalue weighted by molar-refractivity contribution is -0.161. The Morgan fingerprint density at radius 2 is 1.44 bits per heavy atom. The molecule has 3 aliphatic rings. The van der Waals surface area contributed by atoms with Crippen molar-refractivity contribution in [2.45, 2.75) is 44.4 Å². The predicted molar refractivity (Wildman–Crippen MR) is 135 cm³/mol. The molecule has 1 spiro atoms. The molecule has 0 bridgehead atoms. The van der Waals surface area contributed by atoms with E-state index in [-0.39, 0.29) is 11.6 Å². The third-order valence-corrected chi connectivity index (χ3v) is 7.38. The fourth-order valence-electron chi connectivity index (χ4n) is 6.14. The molecule has 1 fully saturated rings. The Bertz CT molecular complexity index is 1400. The van der Waals surface area contributed by atoms with Crippen LogP contribution in [-0.2, 0) is 9.53 Å². The standard InChI is InChI=1S/C30H26N2O4/c1-29(2,3)36-28(35)24-23(18-11-5-4-6-12-18)30(26(33)21-15-9-10-16-22(21)27(30)34)25-20-14-8-7-13-19(20)17-31-32(24)25/h4-17,23-25H,1-3H3/t23-,24+,25?/m0/s1. The van der Waals surface area contributed by atoms with E-state index >= 15 is 0 Å². The summed E-state index contributed by atoms with van der Waals surface area (Å²) in [6.45, 7) is 5.42. The lowest BCUT2D eigenvalue weighted by Gasteiger charge is -2.36. The third kappa shape index (κ3) is 2.97. The number of hydrazone groups is 1. The molecule has 0 aromatic heterocycles. The maximum Gasteiger partial charge on any atom is 0.331 e. The van der Waals surface area contributed by atoms with Gasteiger partial charge in [-0.05, 0) is 37.5 Å². The van der Waals surface area contributed by atoms with Crippen LogP contribution in [0.2, 0.25) is 0 Å². The molecule has 0 radical (unpaired) electrons. The highest BCUT2D eigenvalue weighted by molar-refractivity contribution is 6.31. The summed E-state index contributed by atoms with van der Waals surface area (Å²) in [4.78, 5) is 42.8. The van der Waals surface area contributed by atoms with Gasteiger partial charge in [0.1, 0.15) is 11.0 Å². The van der Waals surface area contributed by atoms with Gasteiger partial charge in [0.2, 0.25) is 0 Å². The molecule has 2 aliphatic heterocycles. The first-order valence-corrected chi connectivity index (χ1v) is 12.1. The highest BCUT2D eigenvalue weighted by atomic mass is 16.6. The van der Waals surface area contributed by atoms with Crippen LogP contribution < -0.4 is 0 Å². The average molecular weight is 479 g/mol.